The zero-order valence-corrected chi connectivity index (χ0v) is 23.1. The molecular weight excluding hydrogens is 436 g/mol. The molecular formula is C29H52N4O2. The van der Waals surface area contributed by atoms with E-state index in [9.17, 15) is 9.59 Å². The van der Waals surface area contributed by atoms with Gasteiger partial charge in [-0.15, -0.1) is 0 Å². The predicted octanol–water partition coefficient (Wildman–Crippen LogP) is 5.30. The predicted molar refractivity (Wildman–Crippen MR) is 144 cm³/mol. The number of allylic oxidation sites excluding steroid dienone is 1. The van der Waals surface area contributed by atoms with Crippen molar-refractivity contribution >= 4 is 11.9 Å². The van der Waals surface area contributed by atoms with Crippen molar-refractivity contribution in [3.63, 3.8) is 0 Å². The number of nitrogens with zero attached hydrogens (tertiary/aromatic N) is 3. The highest BCUT2D eigenvalue weighted by atomic mass is 16.2. The van der Waals surface area contributed by atoms with Crippen LogP contribution in [-0.4, -0.2) is 79.0 Å². The van der Waals surface area contributed by atoms with Crippen molar-refractivity contribution in [3.8, 4) is 0 Å². The number of unbranched alkanes of at least 4 members (excludes halogenated alkanes) is 5. The largest absolute Gasteiger partial charge is 0.338 e. The maximum atomic E-state index is 13.3. The van der Waals surface area contributed by atoms with Gasteiger partial charge in [-0.05, 0) is 42.9 Å². The van der Waals surface area contributed by atoms with Crippen LogP contribution in [0.4, 0.5) is 4.79 Å². The smallest absolute Gasteiger partial charge is 0.317 e. The van der Waals surface area contributed by atoms with Crippen LogP contribution >= 0.6 is 0 Å². The molecule has 6 nitrogen and oxygen atoms in total. The second kappa shape index (κ2) is 13.7. The van der Waals surface area contributed by atoms with Crippen molar-refractivity contribution in [2.24, 2.45) is 17.3 Å². The van der Waals surface area contributed by atoms with Crippen LogP contribution in [0.3, 0.4) is 0 Å². The molecule has 1 heterocycles. The maximum absolute atomic E-state index is 13.3. The topological polar surface area (TPSA) is 55.9 Å². The van der Waals surface area contributed by atoms with Crippen molar-refractivity contribution in [2.45, 2.75) is 91.9 Å². The van der Waals surface area contributed by atoms with Gasteiger partial charge in [-0.2, -0.15) is 0 Å². The Balaban J connectivity index is 1.48. The van der Waals surface area contributed by atoms with Gasteiger partial charge in [0.1, 0.15) is 0 Å². The molecule has 4 aliphatic rings. The molecule has 0 spiro atoms. The lowest BCUT2D eigenvalue weighted by Crippen LogP contribution is -2.53. The van der Waals surface area contributed by atoms with Crippen LogP contribution in [-0.2, 0) is 4.79 Å². The summed E-state index contributed by atoms with van der Waals surface area (Å²) in [5.41, 5.74) is 1.90. The Labute approximate surface area is 214 Å². The summed E-state index contributed by atoms with van der Waals surface area (Å²) in [4.78, 5) is 32.2. The van der Waals surface area contributed by atoms with Crippen molar-refractivity contribution < 1.29 is 9.59 Å². The summed E-state index contributed by atoms with van der Waals surface area (Å²) < 4.78 is 0. The van der Waals surface area contributed by atoms with E-state index in [1.807, 2.05) is 4.90 Å². The number of carbonyl (C=O) groups excluding carboxylic acids is 2. The zero-order valence-electron chi connectivity index (χ0n) is 23.1. The average molecular weight is 489 g/mol. The van der Waals surface area contributed by atoms with Crippen LogP contribution in [0, 0.1) is 17.3 Å². The highest BCUT2D eigenvalue weighted by Gasteiger charge is 2.51. The van der Waals surface area contributed by atoms with Gasteiger partial charge >= 0.3 is 6.03 Å². The summed E-state index contributed by atoms with van der Waals surface area (Å²) >= 11 is 0. The standard InChI is InChI=1S/C29H52N4O2/c1-5-7-9-10-11-12-27(34)33(23-24-13-14-25-22-26(24)29(25,3)4)21-18-31-16-19-32(20-17-31)28(35)30-15-8-6-2/h13,25-26H,5-12,14-23H2,1-4H3,(H,30,35). The molecule has 2 fully saturated rings. The summed E-state index contributed by atoms with van der Waals surface area (Å²) in [7, 11) is 0. The summed E-state index contributed by atoms with van der Waals surface area (Å²) in [5.74, 6) is 1.81. The van der Waals surface area contributed by atoms with Gasteiger partial charge in [0.2, 0.25) is 5.91 Å². The minimum Gasteiger partial charge on any atom is -0.338 e. The lowest BCUT2D eigenvalue weighted by atomic mass is 9.49. The second-order valence-electron chi connectivity index (χ2n) is 11.7. The fourth-order valence-electron chi connectivity index (χ4n) is 6.13. The monoisotopic (exact) mass is 488 g/mol. The Bertz CT molecular complexity index is 711. The van der Waals surface area contributed by atoms with Gasteiger partial charge in [0.15, 0.2) is 0 Å². The molecule has 0 aromatic heterocycles. The molecule has 2 unspecified atom stereocenters. The third-order valence-corrected chi connectivity index (χ3v) is 8.96. The summed E-state index contributed by atoms with van der Waals surface area (Å²) in [6, 6.07) is 0.0728. The second-order valence-corrected chi connectivity index (χ2v) is 11.7. The van der Waals surface area contributed by atoms with E-state index in [1.165, 1.54) is 37.7 Å². The molecule has 1 N–H and O–H groups in total. The first-order chi connectivity index (χ1) is 16.9. The van der Waals surface area contributed by atoms with Gasteiger partial charge in [0.05, 0.1) is 0 Å². The molecule has 1 aliphatic heterocycles. The van der Waals surface area contributed by atoms with Crippen LogP contribution in [0.2, 0.25) is 0 Å². The highest BCUT2D eigenvalue weighted by molar-refractivity contribution is 5.76. The fourth-order valence-corrected chi connectivity index (χ4v) is 6.13. The van der Waals surface area contributed by atoms with E-state index in [-0.39, 0.29) is 6.03 Å². The molecule has 0 radical (unpaired) electrons. The molecule has 200 valence electrons. The molecule has 0 aromatic carbocycles. The molecule has 3 aliphatic carbocycles. The van der Waals surface area contributed by atoms with E-state index in [1.54, 1.807) is 0 Å². The molecule has 1 saturated heterocycles. The average Bonchev–Trinajstić information content (AvgIpc) is 2.86. The number of hydrogen-bond acceptors (Lipinski definition) is 3. The Hall–Kier alpha value is -1.56. The number of fused-ring (bicyclic) bond motifs is 1. The Kier molecular flexibility index (Phi) is 10.9. The molecule has 35 heavy (non-hydrogen) atoms. The van der Waals surface area contributed by atoms with Crippen LogP contribution in [0.25, 0.3) is 0 Å². The third-order valence-electron chi connectivity index (χ3n) is 8.96. The Morgan fingerprint density at radius 3 is 2.40 bits per heavy atom. The van der Waals surface area contributed by atoms with Crippen molar-refractivity contribution in [3.05, 3.63) is 11.6 Å². The maximum Gasteiger partial charge on any atom is 0.317 e. The van der Waals surface area contributed by atoms with Crippen LogP contribution in [0.1, 0.15) is 91.9 Å². The van der Waals surface area contributed by atoms with Gasteiger partial charge in [-0.25, -0.2) is 4.79 Å². The fraction of sp³-hybridized carbons (Fsp3) is 0.862. The first-order valence-electron chi connectivity index (χ1n) is 14.6. The number of carbonyl (C=O) groups is 2. The van der Waals surface area contributed by atoms with Crippen LogP contribution in [0.15, 0.2) is 11.6 Å². The van der Waals surface area contributed by atoms with E-state index >= 15 is 0 Å². The molecule has 2 bridgehead atoms. The Morgan fingerprint density at radius 2 is 1.74 bits per heavy atom. The molecule has 4 rings (SSSR count). The van der Waals surface area contributed by atoms with E-state index < -0.39 is 0 Å². The normalized spacial score (nSPS) is 23.4. The first-order valence-corrected chi connectivity index (χ1v) is 14.6. The SMILES string of the molecule is CCCCCCCC(=O)N(CCN1CCN(C(=O)NCCCC)CC1)CC1=CCC2CC1C2(C)C. The van der Waals surface area contributed by atoms with Crippen molar-refractivity contribution in [1.82, 2.24) is 20.0 Å². The number of amides is 3. The van der Waals surface area contributed by atoms with Gasteiger partial charge in [-0.1, -0.05) is 71.4 Å². The zero-order chi connectivity index (χ0) is 25.3. The van der Waals surface area contributed by atoms with Crippen molar-refractivity contribution in [1.29, 1.82) is 0 Å². The number of hydrogen-bond donors (Lipinski definition) is 1. The molecule has 6 heteroatoms. The quantitative estimate of drug-likeness (QED) is 0.267. The van der Waals surface area contributed by atoms with Gasteiger partial charge < -0.3 is 15.1 Å². The molecule has 1 saturated carbocycles. The van der Waals surface area contributed by atoms with Crippen LogP contribution in [0.5, 0.6) is 0 Å². The highest BCUT2D eigenvalue weighted by Crippen LogP contribution is 2.59. The summed E-state index contributed by atoms with van der Waals surface area (Å²) in [6.45, 7) is 15.8. The van der Waals surface area contributed by atoms with E-state index in [0.717, 1.165) is 84.0 Å². The molecule has 2 atom stereocenters. The number of piperazine rings is 1. The lowest BCUT2D eigenvalue weighted by Gasteiger charge is -2.57. The van der Waals surface area contributed by atoms with Gasteiger partial charge in [-0.3, -0.25) is 9.69 Å². The van der Waals surface area contributed by atoms with Gasteiger partial charge in [0.25, 0.3) is 0 Å². The van der Waals surface area contributed by atoms with E-state index in [2.05, 4.69) is 48.9 Å². The number of nitrogens with one attached hydrogen (secondary N) is 1. The summed E-state index contributed by atoms with van der Waals surface area (Å²) in [6.07, 6.45) is 13.7. The Morgan fingerprint density at radius 1 is 1.03 bits per heavy atom. The number of urea groups is 1. The molecule has 3 amide bonds. The third kappa shape index (κ3) is 7.71. The van der Waals surface area contributed by atoms with Gasteiger partial charge in [0, 0.05) is 58.8 Å². The van der Waals surface area contributed by atoms with E-state index in [0.29, 0.717) is 23.7 Å². The lowest BCUT2D eigenvalue weighted by molar-refractivity contribution is -0.131. The minimum atomic E-state index is 0.0728. The van der Waals surface area contributed by atoms with Crippen molar-refractivity contribution in [2.75, 3.05) is 52.4 Å². The number of rotatable bonds is 14. The van der Waals surface area contributed by atoms with Crippen LogP contribution < -0.4 is 5.32 Å². The van der Waals surface area contributed by atoms with E-state index in [4.69, 9.17) is 0 Å². The first kappa shape index (κ1) is 28.0. The summed E-state index contributed by atoms with van der Waals surface area (Å²) in [5, 5.41) is 3.03. The minimum absolute atomic E-state index is 0.0728. The molecule has 0 aromatic rings.